The molecule has 1 saturated carbocycles. The minimum atomic E-state index is -4.73. The number of hydrogen-bond donors (Lipinski definition) is 3. The van der Waals surface area contributed by atoms with E-state index in [1.165, 1.54) is 6.07 Å². The summed E-state index contributed by atoms with van der Waals surface area (Å²) in [4.78, 5) is 58.8. The van der Waals surface area contributed by atoms with Crippen LogP contribution in [0.25, 0.3) is 0 Å². The summed E-state index contributed by atoms with van der Waals surface area (Å²) < 4.78 is 45.9. The van der Waals surface area contributed by atoms with Gasteiger partial charge in [-0.05, 0) is 54.7 Å². The number of pyridine rings is 1. The second-order valence-electron chi connectivity index (χ2n) is 11.7. The van der Waals surface area contributed by atoms with Crippen molar-refractivity contribution in [2.24, 2.45) is 23.7 Å². The predicted octanol–water partition coefficient (Wildman–Crippen LogP) is 4.77. The second-order valence-corrected chi connectivity index (χ2v) is 12.6. The van der Waals surface area contributed by atoms with E-state index >= 15 is 0 Å². The van der Waals surface area contributed by atoms with Crippen LogP contribution < -0.4 is 10.7 Å². The molecule has 46 heavy (non-hydrogen) atoms. The SMILES string of the molecule is O=C1NC(=O)C2C1CC=C1C2CC2C(=O)N(Nc3ncc(C(F)(F)F)cc3Cl)C(=O)C2(c2ccc(Cl)cc2)C1c1ccc(CO)o1. The van der Waals surface area contributed by atoms with Crippen molar-refractivity contribution in [2.45, 2.75) is 37.0 Å². The van der Waals surface area contributed by atoms with Crippen molar-refractivity contribution in [3.8, 4) is 0 Å². The van der Waals surface area contributed by atoms with Crippen LogP contribution in [0.4, 0.5) is 19.0 Å². The molecule has 2 aliphatic carbocycles. The van der Waals surface area contributed by atoms with Gasteiger partial charge >= 0.3 is 6.18 Å². The number of rotatable bonds is 5. The molecule has 238 valence electrons. The molecular weight excluding hydrogens is 652 g/mol. The maximum Gasteiger partial charge on any atom is 0.417 e. The van der Waals surface area contributed by atoms with E-state index in [-0.39, 0.29) is 30.2 Å². The first-order chi connectivity index (χ1) is 21.9. The summed E-state index contributed by atoms with van der Waals surface area (Å²) in [7, 11) is 0. The Bertz CT molecular complexity index is 1840. The van der Waals surface area contributed by atoms with Crippen molar-refractivity contribution in [2.75, 3.05) is 5.43 Å². The number of aliphatic hydroxyl groups excluding tert-OH is 1. The summed E-state index contributed by atoms with van der Waals surface area (Å²) in [5.41, 5.74) is 0.716. The number of nitrogens with one attached hydrogen (secondary N) is 2. The molecule has 7 rings (SSSR count). The topological polar surface area (TPSA) is 142 Å². The molecular formula is C31H23Cl2F3N4O6. The molecule has 6 atom stereocenters. The summed E-state index contributed by atoms with van der Waals surface area (Å²) in [6.07, 6.45) is -2.21. The standard InChI is InChI=1S/C31H23Cl2F3N4O6/c32-15-3-1-13(2-4-15)30-20(28(44)40(29(30)45)39-25-21(33)9-14(11-37-25)31(34,35)36)10-19-17(24(30)22-8-5-16(12-41)46-22)6-7-18-23(19)27(43)38-26(18)42/h1-6,8-9,11,18-20,23-24,41H,7,10,12H2,(H,37,39)(H,38,42,43). The molecule has 0 radical (unpaired) electrons. The van der Waals surface area contributed by atoms with Gasteiger partial charge in [0, 0.05) is 11.2 Å². The zero-order chi connectivity index (χ0) is 32.7. The van der Waals surface area contributed by atoms with E-state index < -0.39 is 82.0 Å². The number of allylic oxidation sites excluding steroid dienone is 2. The van der Waals surface area contributed by atoms with Crippen LogP contribution in [-0.2, 0) is 37.4 Å². The Labute approximate surface area is 268 Å². The Hall–Kier alpha value is -4.20. The monoisotopic (exact) mass is 674 g/mol. The maximum atomic E-state index is 14.9. The number of nitrogens with zero attached hydrogens (tertiary/aromatic N) is 2. The number of amides is 4. The van der Waals surface area contributed by atoms with E-state index in [1.807, 2.05) is 6.08 Å². The summed E-state index contributed by atoms with van der Waals surface area (Å²) in [6, 6.07) is 10.1. The highest BCUT2D eigenvalue weighted by atomic mass is 35.5. The highest BCUT2D eigenvalue weighted by Crippen LogP contribution is 2.64. The van der Waals surface area contributed by atoms with Crippen molar-refractivity contribution < 1.29 is 41.9 Å². The van der Waals surface area contributed by atoms with Crippen LogP contribution in [0, 0.1) is 23.7 Å². The van der Waals surface area contributed by atoms with Crippen LogP contribution in [0.3, 0.4) is 0 Å². The Morgan fingerprint density at radius 2 is 1.80 bits per heavy atom. The van der Waals surface area contributed by atoms with E-state index in [2.05, 4.69) is 15.7 Å². The smallest absolute Gasteiger partial charge is 0.417 e. The van der Waals surface area contributed by atoms with E-state index in [9.17, 15) is 37.5 Å². The minimum Gasteiger partial charge on any atom is -0.463 e. The van der Waals surface area contributed by atoms with Gasteiger partial charge in [0.25, 0.3) is 11.8 Å². The number of carbonyl (C=O) groups excluding carboxylic acids is 4. The number of imide groups is 2. The number of halogens is 5. The quantitative estimate of drug-likeness (QED) is 0.260. The van der Waals surface area contributed by atoms with Gasteiger partial charge < -0.3 is 9.52 Å². The van der Waals surface area contributed by atoms with E-state index in [4.69, 9.17) is 27.6 Å². The zero-order valence-electron chi connectivity index (χ0n) is 23.5. The van der Waals surface area contributed by atoms with Gasteiger partial charge in [-0.15, -0.1) is 0 Å². The Balaban J connectivity index is 1.42. The van der Waals surface area contributed by atoms with Crippen LogP contribution in [0.5, 0.6) is 0 Å². The van der Waals surface area contributed by atoms with E-state index in [0.29, 0.717) is 33.4 Å². The van der Waals surface area contributed by atoms with Gasteiger partial charge in [-0.1, -0.05) is 47.0 Å². The largest absolute Gasteiger partial charge is 0.463 e. The first-order valence-corrected chi connectivity index (χ1v) is 15.0. The van der Waals surface area contributed by atoms with Crippen molar-refractivity contribution >= 4 is 52.6 Å². The number of carbonyl (C=O) groups is 4. The van der Waals surface area contributed by atoms with Crippen LogP contribution in [0.15, 0.2) is 64.7 Å². The molecule has 4 aliphatic rings. The summed E-state index contributed by atoms with van der Waals surface area (Å²) in [6.45, 7) is -0.452. The lowest BCUT2D eigenvalue weighted by Crippen LogP contribution is -2.53. The molecule has 3 aromatic rings. The molecule has 3 N–H and O–H groups in total. The molecule has 1 aromatic carbocycles. The maximum absolute atomic E-state index is 14.9. The molecule has 3 fully saturated rings. The number of anilines is 1. The average Bonchev–Trinajstić information content (AvgIpc) is 3.67. The molecule has 10 nitrogen and oxygen atoms in total. The normalized spacial score (nSPS) is 28.9. The molecule has 15 heteroatoms. The van der Waals surface area contributed by atoms with Crippen molar-refractivity contribution in [3.63, 3.8) is 0 Å². The number of benzene rings is 1. The molecule has 0 spiro atoms. The molecule has 6 unspecified atom stereocenters. The first-order valence-electron chi connectivity index (χ1n) is 14.2. The minimum absolute atomic E-state index is 0.0165. The van der Waals surface area contributed by atoms with Crippen molar-refractivity contribution in [3.05, 3.63) is 93.0 Å². The third kappa shape index (κ3) is 4.39. The van der Waals surface area contributed by atoms with Crippen LogP contribution in [0.1, 0.15) is 41.4 Å². The first kappa shape index (κ1) is 30.5. The number of fused-ring (bicyclic) bond motifs is 4. The van der Waals surface area contributed by atoms with Crippen molar-refractivity contribution in [1.82, 2.24) is 15.3 Å². The average molecular weight is 675 g/mol. The number of hydrogen-bond acceptors (Lipinski definition) is 8. The number of furan rings is 1. The highest BCUT2D eigenvalue weighted by Gasteiger charge is 2.70. The zero-order valence-corrected chi connectivity index (χ0v) is 25.0. The molecule has 4 heterocycles. The highest BCUT2D eigenvalue weighted by molar-refractivity contribution is 6.33. The molecule has 0 bridgehead atoms. The number of aromatic nitrogens is 1. The van der Waals surface area contributed by atoms with Gasteiger partial charge in [0.1, 0.15) is 23.5 Å². The van der Waals surface area contributed by atoms with E-state index in [1.54, 1.807) is 30.3 Å². The fraction of sp³-hybridized carbons (Fsp3) is 0.323. The van der Waals surface area contributed by atoms with Gasteiger partial charge in [-0.25, -0.2) is 4.98 Å². The van der Waals surface area contributed by atoms with Gasteiger partial charge in [-0.3, -0.25) is 29.9 Å². The number of hydrazine groups is 1. The predicted molar refractivity (Wildman–Crippen MR) is 155 cm³/mol. The fourth-order valence-electron chi connectivity index (χ4n) is 7.64. The van der Waals surface area contributed by atoms with Gasteiger partial charge in [0.2, 0.25) is 11.8 Å². The van der Waals surface area contributed by atoms with Gasteiger partial charge in [0.05, 0.1) is 34.3 Å². The number of aliphatic hydroxyl groups is 1. The molecule has 2 saturated heterocycles. The van der Waals surface area contributed by atoms with Crippen LogP contribution in [0.2, 0.25) is 10.0 Å². The Morgan fingerprint density at radius 1 is 1.07 bits per heavy atom. The van der Waals surface area contributed by atoms with Crippen molar-refractivity contribution in [1.29, 1.82) is 0 Å². The molecule has 2 aliphatic heterocycles. The third-order valence-corrected chi connectivity index (χ3v) is 10.1. The lowest BCUT2D eigenvalue weighted by molar-refractivity contribution is -0.139. The van der Waals surface area contributed by atoms with Crippen LogP contribution in [-0.4, -0.2) is 38.7 Å². The van der Waals surface area contributed by atoms with Gasteiger partial charge in [0.15, 0.2) is 5.82 Å². The fourth-order valence-corrected chi connectivity index (χ4v) is 7.97. The van der Waals surface area contributed by atoms with Crippen LogP contribution >= 0.6 is 23.2 Å². The number of alkyl halides is 3. The third-order valence-electron chi connectivity index (χ3n) is 9.52. The summed E-state index contributed by atoms with van der Waals surface area (Å²) >= 11 is 12.4. The Morgan fingerprint density at radius 3 is 2.46 bits per heavy atom. The molecule has 4 amide bonds. The van der Waals surface area contributed by atoms with Gasteiger partial charge in [-0.2, -0.15) is 18.2 Å². The lowest BCUT2D eigenvalue weighted by atomic mass is 9.50. The second kappa shape index (κ2) is 10.7. The summed E-state index contributed by atoms with van der Waals surface area (Å²) in [5.74, 6) is -6.63. The van der Waals surface area contributed by atoms with E-state index in [0.717, 1.165) is 0 Å². The molecule has 2 aromatic heterocycles. The lowest BCUT2D eigenvalue weighted by Gasteiger charge is -2.49. The Kier molecular flexibility index (Phi) is 7.07. The summed E-state index contributed by atoms with van der Waals surface area (Å²) in [5, 5.41) is 12.8.